The summed E-state index contributed by atoms with van der Waals surface area (Å²) in [6.07, 6.45) is 3.83. The Kier molecular flexibility index (Phi) is 17.9. The number of hydrogen-bond donors (Lipinski definition) is 2. The van der Waals surface area contributed by atoms with Crippen molar-refractivity contribution >= 4 is 51.4 Å². The van der Waals surface area contributed by atoms with Gasteiger partial charge in [-0.15, -0.1) is 0 Å². The average molecular weight is 157 g/mol. The molecule has 9 heavy (non-hydrogen) atoms. The first-order chi connectivity index (χ1) is 3.91. The molecule has 0 aliphatic carbocycles. The predicted octanol–water partition coefficient (Wildman–Crippen LogP) is 0.151. The van der Waals surface area contributed by atoms with E-state index in [1.54, 1.807) is 0 Å². The number of hydrogen-bond acceptors (Lipinski definition) is 2. The van der Waals surface area contributed by atoms with Crippen molar-refractivity contribution in [3.63, 3.8) is 0 Å². The van der Waals surface area contributed by atoms with Gasteiger partial charge in [0.05, 0.1) is 0 Å². The van der Waals surface area contributed by atoms with Gasteiger partial charge in [0.15, 0.2) is 0 Å². The van der Waals surface area contributed by atoms with Gasteiger partial charge in [-0.3, -0.25) is 0 Å². The molecule has 51 valence electrons. The van der Waals surface area contributed by atoms with Gasteiger partial charge in [0.2, 0.25) is 0 Å². The monoisotopic (exact) mass is 157 g/mol. The molecule has 0 aliphatic rings. The standard InChI is InChI=1S/C6H14O2.K/c7-5-3-1-2-4-6-8;/h7-8H,1-6H2;. The molecule has 0 unspecified atom stereocenters. The molecule has 0 aliphatic heterocycles. The molecule has 0 aromatic carbocycles. The van der Waals surface area contributed by atoms with Crippen LogP contribution in [-0.2, 0) is 0 Å². The quantitative estimate of drug-likeness (QED) is 0.440. The number of rotatable bonds is 5. The van der Waals surface area contributed by atoms with Crippen LogP contribution in [0.4, 0.5) is 0 Å². The summed E-state index contributed by atoms with van der Waals surface area (Å²) in [6.45, 7) is 0.566. The third kappa shape index (κ3) is 12.7. The Morgan fingerprint density at radius 1 is 0.667 bits per heavy atom. The molecule has 0 rings (SSSR count). The zero-order valence-corrected chi connectivity index (χ0v) is 9.26. The first kappa shape index (κ1) is 13.2. The molecule has 0 amide bonds. The summed E-state index contributed by atoms with van der Waals surface area (Å²) < 4.78 is 0. The molecule has 0 aromatic heterocycles. The van der Waals surface area contributed by atoms with E-state index < -0.39 is 0 Å². The van der Waals surface area contributed by atoms with Gasteiger partial charge in [-0.05, 0) is 12.8 Å². The Morgan fingerprint density at radius 3 is 1.22 bits per heavy atom. The van der Waals surface area contributed by atoms with Gasteiger partial charge in [0, 0.05) is 64.6 Å². The fourth-order valence-corrected chi connectivity index (χ4v) is 0.577. The Balaban J connectivity index is 0. The molecular formula is C6H14KO2. The van der Waals surface area contributed by atoms with E-state index in [1.807, 2.05) is 0 Å². The Hall–Kier alpha value is 1.56. The van der Waals surface area contributed by atoms with Gasteiger partial charge < -0.3 is 10.2 Å². The number of aliphatic hydroxyl groups is 2. The second kappa shape index (κ2) is 12.3. The minimum Gasteiger partial charge on any atom is -0.396 e. The molecule has 0 bridgehead atoms. The van der Waals surface area contributed by atoms with Crippen molar-refractivity contribution in [2.24, 2.45) is 0 Å². The van der Waals surface area contributed by atoms with Gasteiger partial charge in [-0.25, -0.2) is 0 Å². The maximum absolute atomic E-state index is 8.30. The van der Waals surface area contributed by atoms with Crippen LogP contribution in [0.1, 0.15) is 25.7 Å². The minimum atomic E-state index is 0. The topological polar surface area (TPSA) is 40.5 Å². The molecular weight excluding hydrogens is 143 g/mol. The van der Waals surface area contributed by atoms with Crippen LogP contribution in [-0.4, -0.2) is 74.8 Å². The molecule has 0 heterocycles. The van der Waals surface area contributed by atoms with Crippen LogP contribution in [0.2, 0.25) is 0 Å². The Bertz CT molecular complexity index is 36.0. The summed E-state index contributed by atoms with van der Waals surface area (Å²) in [5, 5.41) is 16.6. The second-order valence-electron chi connectivity index (χ2n) is 1.86. The first-order valence-electron chi connectivity index (χ1n) is 3.13. The summed E-state index contributed by atoms with van der Waals surface area (Å²) in [7, 11) is 0. The van der Waals surface area contributed by atoms with Crippen LogP contribution in [0.5, 0.6) is 0 Å². The fraction of sp³-hybridized carbons (Fsp3) is 1.00. The molecule has 0 atom stereocenters. The van der Waals surface area contributed by atoms with E-state index in [0.717, 1.165) is 25.7 Å². The van der Waals surface area contributed by atoms with Crippen LogP contribution >= 0.6 is 0 Å². The first-order valence-corrected chi connectivity index (χ1v) is 3.13. The van der Waals surface area contributed by atoms with E-state index in [0.29, 0.717) is 0 Å². The maximum atomic E-state index is 8.30. The van der Waals surface area contributed by atoms with Crippen LogP contribution in [0.15, 0.2) is 0 Å². The summed E-state index contributed by atoms with van der Waals surface area (Å²) >= 11 is 0. The molecule has 0 aromatic rings. The smallest absolute Gasteiger partial charge is 0.0431 e. The van der Waals surface area contributed by atoms with E-state index in [4.69, 9.17) is 10.2 Å². The summed E-state index contributed by atoms with van der Waals surface area (Å²) in [4.78, 5) is 0. The van der Waals surface area contributed by atoms with Gasteiger partial charge >= 0.3 is 0 Å². The van der Waals surface area contributed by atoms with E-state index in [-0.39, 0.29) is 64.6 Å². The summed E-state index contributed by atoms with van der Waals surface area (Å²) in [5.41, 5.74) is 0. The summed E-state index contributed by atoms with van der Waals surface area (Å²) in [6, 6.07) is 0. The van der Waals surface area contributed by atoms with E-state index in [1.165, 1.54) is 0 Å². The molecule has 2 N–H and O–H groups in total. The predicted molar refractivity (Wildman–Crippen MR) is 38.4 cm³/mol. The van der Waals surface area contributed by atoms with Gasteiger partial charge in [0.1, 0.15) is 0 Å². The van der Waals surface area contributed by atoms with Crippen molar-refractivity contribution < 1.29 is 10.2 Å². The minimum absolute atomic E-state index is 0. The molecule has 0 spiro atoms. The Morgan fingerprint density at radius 2 is 1.00 bits per heavy atom. The average Bonchev–Trinajstić information content (AvgIpc) is 1.81. The van der Waals surface area contributed by atoms with Crippen molar-refractivity contribution in [2.45, 2.75) is 25.7 Å². The SMILES string of the molecule is OCCCCCCO.[K]. The normalized spacial score (nSPS) is 8.67. The summed E-state index contributed by atoms with van der Waals surface area (Å²) in [5.74, 6) is 0. The largest absolute Gasteiger partial charge is 0.396 e. The van der Waals surface area contributed by atoms with E-state index >= 15 is 0 Å². The van der Waals surface area contributed by atoms with Crippen molar-refractivity contribution in [2.75, 3.05) is 13.2 Å². The van der Waals surface area contributed by atoms with Gasteiger partial charge in [-0.1, -0.05) is 12.8 Å². The Labute approximate surface area is 99.1 Å². The molecule has 2 nitrogen and oxygen atoms in total. The second-order valence-corrected chi connectivity index (χ2v) is 1.86. The molecule has 0 saturated carbocycles. The fourth-order valence-electron chi connectivity index (χ4n) is 0.577. The van der Waals surface area contributed by atoms with Gasteiger partial charge in [0.25, 0.3) is 0 Å². The van der Waals surface area contributed by atoms with Gasteiger partial charge in [-0.2, -0.15) is 0 Å². The zero-order chi connectivity index (χ0) is 6.24. The van der Waals surface area contributed by atoms with Crippen LogP contribution in [0.25, 0.3) is 0 Å². The zero-order valence-electron chi connectivity index (χ0n) is 6.14. The van der Waals surface area contributed by atoms with Crippen molar-refractivity contribution in [1.82, 2.24) is 0 Å². The van der Waals surface area contributed by atoms with Crippen molar-refractivity contribution in [3.05, 3.63) is 0 Å². The number of unbranched alkanes of at least 4 members (excludes halogenated alkanes) is 3. The van der Waals surface area contributed by atoms with Crippen molar-refractivity contribution in [3.8, 4) is 0 Å². The third-order valence-corrected chi connectivity index (χ3v) is 1.07. The third-order valence-electron chi connectivity index (χ3n) is 1.07. The number of aliphatic hydroxyl groups excluding tert-OH is 2. The van der Waals surface area contributed by atoms with Crippen LogP contribution < -0.4 is 0 Å². The molecule has 1 radical (unpaired) electrons. The maximum Gasteiger partial charge on any atom is 0.0431 e. The molecule has 3 heteroatoms. The van der Waals surface area contributed by atoms with Crippen LogP contribution in [0.3, 0.4) is 0 Å². The van der Waals surface area contributed by atoms with Crippen LogP contribution in [0, 0.1) is 0 Å². The molecule has 0 saturated heterocycles. The van der Waals surface area contributed by atoms with Crippen molar-refractivity contribution in [1.29, 1.82) is 0 Å². The molecule has 0 fully saturated rings. The van der Waals surface area contributed by atoms with E-state index in [2.05, 4.69) is 0 Å². The van der Waals surface area contributed by atoms with E-state index in [9.17, 15) is 0 Å².